The molecule has 2 aliphatic rings. The summed E-state index contributed by atoms with van der Waals surface area (Å²) in [5, 5.41) is 0. The van der Waals surface area contributed by atoms with Gasteiger partial charge >= 0.3 is 0 Å². The van der Waals surface area contributed by atoms with Gasteiger partial charge in [0.15, 0.2) is 0 Å². The van der Waals surface area contributed by atoms with Crippen LogP contribution in [0.3, 0.4) is 0 Å². The fraction of sp³-hybridized carbons (Fsp3) is 0.625. The first-order valence-electron chi connectivity index (χ1n) is 7.75. The summed E-state index contributed by atoms with van der Waals surface area (Å²) in [6, 6.07) is 5.83. The van der Waals surface area contributed by atoms with Gasteiger partial charge < -0.3 is 10.6 Å². The summed E-state index contributed by atoms with van der Waals surface area (Å²) in [4.78, 5) is 4.92. The van der Waals surface area contributed by atoms with Gasteiger partial charge in [0.25, 0.3) is 0 Å². The molecule has 1 aromatic carbocycles. The van der Waals surface area contributed by atoms with E-state index in [1.54, 1.807) is 6.07 Å². The SMILES string of the molecule is NCc1cc(F)cc(N2CCC(N3CCCCC3)C2)c1. The molecule has 2 heterocycles. The molecule has 1 aromatic rings. The third-order valence-electron chi connectivity index (χ3n) is 4.61. The Morgan fingerprint density at radius 2 is 1.90 bits per heavy atom. The zero-order valence-corrected chi connectivity index (χ0v) is 12.0. The number of benzene rings is 1. The summed E-state index contributed by atoms with van der Waals surface area (Å²) < 4.78 is 13.6. The van der Waals surface area contributed by atoms with E-state index in [0.717, 1.165) is 24.3 Å². The van der Waals surface area contributed by atoms with Crippen LogP contribution in [0, 0.1) is 5.82 Å². The monoisotopic (exact) mass is 277 g/mol. The molecule has 2 fully saturated rings. The van der Waals surface area contributed by atoms with Crippen molar-refractivity contribution in [2.24, 2.45) is 5.73 Å². The topological polar surface area (TPSA) is 32.5 Å². The van der Waals surface area contributed by atoms with E-state index in [1.165, 1.54) is 44.8 Å². The minimum atomic E-state index is -0.177. The smallest absolute Gasteiger partial charge is 0.125 e. The van der Waals surface area contributed by atoms with Crippen LogP contribution >= 0.6 is 0 Å². The molecule has 0 aliphatic carbocycles. The summed E-state index contributed by atoms with van der Waals surface area (Å²) >= 11 is 0. The van der Waals surface area contributed by atoms with E-state index in [-0.39, 0.29) is 5.82 Å². The lowest BCUT2D eigenvalue weighted by Crippen LogP contribution is -2.40. The van der Waals surface area contributed by atoms with Crippen LogP contribution in [0.15, 0.2) is 18.2 Å². The molecule has 110 valence electrons. The molecule has 2 aliphatic heterocycles. The van der Waals surface area contributed by atoms with Crippen molar-refractivity contribution in [1.82, 2.24) is 4.90 Å². The Hall–Kier alpha value is -1.13. The Balaban J connectivity index is 1.68. The largest absolute Gasteiger partial charge is 0.370 e. The molecule has 0 bridgehead atoms. The number of nitrogens with zero attached hydrogens (tertiary/aromatic N) is 2. The standard InChI is InChI=1S/C16H24FN3/c17-14-8-13(11-18)9-16(10-14)20-7-4-15(12-20)19-5-2-1-3-6-19/h8-10,15H,1-7,11-12,18H2. The van der Waals surface area contributed by atoms with Crippen molar-refractivity contribution in [2.45, 2.75) is 38.3 Å². The Labute approximate surface area is 120 Å². The summed E-state index contributed by atoms with van der Waals surface area (Å²) in [6.45, 7) is 4.90. The molecule has 4 heteroatoms. The number of nitrogens with two attached hydrogens (primary N) is 1. The minimum absolute atomic E-state index is 0.177. The quantitative estimate of drug-likeness (QED) is 0.920. The van der Waals surface area contributed by atoms with Crippen molar-refractivity contribution in [3.63, 3.8) is 0 Å². The zero-order valence-electron chi connectivity index (χ0n) is 12.0. The second-order valence-corrected chi connectivity index (χ2v) is 6.01. The van der Waals surface area contributed by atoms with Crippen molar-refractivity contribution < 1.29 is 4.39 Å². The van der Waals surface area contributed by atoms with E-state index in [0.29, 0.717) is 12.6 Å². The van der Waals surface area contributed by atoms with Crippen molar-refractivity contribution >= 4 is 5.69 Å². The summed E-state index contributed by atoms with van der Waals surface area (Å²) in [5.74, 6) is -0.177. The normalized spacial score (nSPS) is 24.3. The molecule has 2 N–H and O–H groups in total. The molecule has 0 aromatic heterocycles. The highest BCUT2D eigenvalue weighted by Crippen LogP contribution is 2.26. The van der Waals surface area contributed by atoms with Crippen molar-refractivity contribution in [1.29, 1.82) is 0 Å². The molecule has 3 rings (SSSR count). The van der Waals surface area contributed by atoms with E-state index in [1.807, 2.05) is 6.07 Å². The molecule has 0 amide bonds. The Bertz CT molecular complexity index is 457. The maximum absolute atomic E-state index is 13.6. The van der Waals surface area contributed by atoms with Crippen LogP contribution in [0.5, 0.6) is 0 Å². The second kappa shape index (κ2) is 6.10. The lowest BCUT2D eigenvalue weighted by atomic mass is 10.1. The van der Waals surface area contributed by atoms with Crippen molar-refractivity contribution in [2.75, 3.05) is 31.1 Å². The van der Waals surface area contributed by atoms with Crippen LogP contribution in [-0.4, -0.2) is 37.1 Å². The first-order valence-corrected chi connectivity index (χ1v) is 7.75. The number of piperidine rings is 1. The molecule has 0 saturated carbocycles. The maximum atomic E-state index is 13.6. The Morgan fingerprint density at radius 3 is 2.65 bits per heavy atom. The molecule has 3 nitrogen and oxygen atoms in total. The molecule has 20 heavy (non-hydrogen) atoms. The van der Waals surface area contributed by atoms with E-state index in [2.05, 4.69) is 9.80 Å². The fourth-order valence-corrected chi connectivity index (χ4v) is 3.49. The lowest BCUT2D eigenvalue weighted by Gasteiger charge is -2.32. The highest BCUT2D eigenvalue weighted by atomic mass is 19.1. The van der Waals surface area contributed by atoms with Crippen LogP contribution in [0.25, 0.3) is 0 Å². The molecular formula is C16H24FN3. The van der Waals surface area contributed by atoms with Gasteiger partial charge in [-0.15, -0.1) is 0 Å². The average Bonchev–Trinajstić information content (AvgIpc) is 2.97. The first-order chi connectivity index (χ1) is 9.76. The van der Waals surface area contributed by atoms with Gasteiger partial charge in [-0.1, -0.05) is 6.42 Å². The first kappa shape index (κ1) is 13.8. The fourth-order valence-electron chi connectivity index (χ4n) is 3.49. The third-order valence-corrected chi connectivity index (χ3v) is 4.61. The second-order valence-electron chi connectivity index (χ2n) is 6.01. The van der Waals surface area contributed by atoms with Gasteiger partial charge in [-0.2, -0.15) is 0 Å². The predicted octanol–water partition coefficient (Wildman–Crippen LogP) is 2.35. The number of halogens is 1. The van der Waals surface area contributed by atoms with Gasteiger partial charge in [0.05, 0.1) is 0 Å². The van der Waals surface area contributed by atoms with Gasteiger partial charge in [-0.05, 0) is 56.1 Å². The summed E-state index contributed by atoms with van der Waals surface area (Å²) in [6.07, 6.45) is 5.22. The van der Waals surface area contributed by atoms with Crippen LogP contribution in [0.1, 0.15) is 31.2 Å². The van der Waals surface area contributed by atoms with Crippen LogP contribution in [0.2, 0.25) is 0 Å². The van der Waals surface area contributed by atoms with E-state index >= 15 is 0 Å². The van der Waals surface area contributed by atoms with Gasteiger partial charge in [-0.3, -0.25) is 4.90 Å². The number of likely N-dealkylation sites (tertiary alicyclic amines) is 1. The zero-order chi connectivity index (χ0) is 13.9. The van der Waals surface area contributed by atoms with Crippen molar-refractivity contribution in [3.05, 3.63) is 29.6 Å². The highest BCUT2D eigenvalue weighted by molar-refractivity contribution is 5.50. The molecule has 1 unspecified atom stereocenters. The van der Waals surface area contributed by atoms with Gasteiger partial charge in [0, 0.05) is 31.4 Å². The molecule has 1 atom stereocenters. The molecule has 0 radical (unpaired) electrons. The van der Waals surface area contributed by atoms with Gasteiger partial charge in [0.2, 0.25) is 0 Å². The lowest BCUT2D eigenvalue weighted by molar-refractivity contribution is 0.175. The van der Waals surface area contributed by atoms with Crippen molar-refractivity contribution in [3.8, 4) is 0 Å². The average molecular weight is 277 g/mol. The Morgan fingerprint density at radius 1 is 1.10 bits per heavy atom. The van der Waals surface area contributed by atoms with Gasteiger partial charge in [0.1, 0.15) is 5.82 Å². The minimum Gasteiger partial charge on any atom is -0.370 e. The summed E-state index contributed by atoms with van der Waals surface area (Å²) in [5.41, 5.74) is 7.50. The van der Waals surface area contributed by atoms with Crippen LogP contribution in [0.4, 0.5) is 10.1 Å². The predicted molar refractivity (Wildman–Crippen MR) is 80.3 cm³/mol. The highest BCUT2D eigenvalue weighted by Gasteiger charge is 2.28. The van der Waals surface area contributed by atoms with E-state index in [9.17, 15) is 4.39 Å². The van der Waals surface area contributed by atoms with Gasteiger partial charge in [-0.25, -0.2) is 4.39 Å². The third kappa shape index (κ3) is 2.96. The maximum Gasteiger partial charge on any atom is 0.125 e. The van der Waals surface area contributed by atoms with E-state index < -0.39 is 0 Å². The number of hydrogen-bond acceptors (Lipinski definition) is 3. The Kier molecular flexibility index (Phi) is 4.22. The van der Waals surface area contributed by atoms with E-state index in [4.69, 9.17) is 5.73 Å². The summed E-state index contributed by atoms with van der Waals surface area (Å²) in [7, 11) is 0. The van der Waals surface area contributed by atoms with Crippen LogP contribution < -0.4 is 10.6 Å². The number of anilines is 1. The number of hydrogen-bond donors (Lipinski definition) is 1. The van der Waals surface area contributed by atoms with Crippen LogP contribution in [-0.2, 0) is 6.54 Å². The molecule has 2 saturated heterocycles. The molecule has 0 spiro atoms. The molecular weight excluding hydrogens is 253 g/mol. The number of rotatable bonds is 3.